The zero-order valence-electron chi connectivity index (χ0n) is 18.5. The Balaban J connectivity index is 0.00000171. The van der Waals surface area contributed by atoms with E-state index in [9.17, 15) is 4.79 Å². The minimum Gasteiger partial charge on any atom is -0.352 e. The average molecular weight is 483 g/mol. The van der Waals surface area contributed by atoms with Crippen LogP contribution in [0.5, 0.6) is 0 Å². The molecular formula is C24H33Cl2N3OS. The highest BCUT2D eigenvalue weighted by molar-refractivity contribution is 7.99. The molecule has 1 amide bonds. The Morgan fingerprint density at radius 3 is 2.48 bits per heavy atom. The van der Waals surface area contributed by atoms with Gasteiger partial charge in [-0.1, -0.05) is 55.9 Å². The maximum absolute atomic E-state index is 12.0. The van der Waals surface area contributed by atoms with Crippen molar-refractivity contribution in [1.82, 2.24) is 15.1 Å². The Kier molecular flexibility index (Phi) is 9.71. The first kappa shape index (κ1) is 26.0. The van der Waals surface area contributed by atoms with Gasteiger partial charge in [0.15, 0.2) is 0 Å². The van der Waals surface area contributed by atoms with Crippen molar-refractivity contribution in [1.29, 1.82) is 0 Å². The predicted molar refractivity (Wildman–Crippen MR) is 134 cm³/mol. The molecule has 2 aliphatic rings. The van der Waals surface area contributed by atoms with Crippen LogP contribution in [0.15, 0.2) is 52.3 Å². The van der Waals surface area contributed by atoms with Gasteiger partial charge in [0.2, 0.25) is 5.91 Å². The number of likely N-dealkylation sites (N-methyl/N-ethyl adjacent to an activating group) is 1. The number of fused-ring (bicyclic) bond motifs is 2. The number of benzene rings is 2. The lowest BCUT2D eigenvalue weighted by molar-refractivity contribution is -0.124. The van der Waals surface area contributed by atoms with E-state index in [0.717, 1.165) is 32.6 Å². The molecule has 31 heavy (non-hydrogen) atoms. The van der Waals surface area contributed by atoms with E-state index in [1.165, 1.54) is 26.5 Å². The second-order valence-corrected chi connectivity index (χ2v) is 9.60. The SMILES string of the molecule is CC(C)C(=O)NCc1ccc2c(c1)[C@H](N1CCN(C)CC1)Cc1ccccc1S2.Cl.Cl. The summed E-state index contributed by atoms with van der Waals surface area (Å²) in [5.41, 5.74) is 4.03. The molecule has 0 spiro atoms. The number of hydrogen-bond acceptors (Lipinski definition) is 4. The van der Waals surface area contributed by atoms with Crippen LogP contribution < -0.4 is 5.32 Å². The van der Waals surface area contributed by atoms with E-state index in [0.29, 0.717) is 12.6 Å². The summed E-state index contributed by atoms with van der Waals surface area (Å²) in [6.45, 7) is 8.89. The van der Waals surface area contributed by atoms with Crippen molar-refractivity contribution in [3.63, 3.8) is 0 Å². The van der Waals surface area contributed by atoms with Crippen LogP contribution in [0.25, 0.3) is 0 Å². The summed E-state index contributed by atoms with van der Waals surface area (Å²) in [4.78, 5) is 19.8. The molecule has 0 aromatic heterocycles. The molecule has 0 radical (unpaired) electrons. The highest BCUT2D eigenvalue weighted by Gasteiger charge is 2.29. The maximum Gasteiger partial charge on any atom is 0.222 e. The van der Waals surface area contributed by atoms with Crippen LogP contribution in [0.4, 0.5) is 0 Å². The second kappa shape index (κ2) is 11.6. The largest absolute Gasteiger partial charge is 0.352 e. The van der Waals surface area contributed by atoms with Crippen LogP contribution in [-0.2, 0) is 17.8 Å². The molecule has 4 nitrogen and oxygen atoms in total. The zero-order chi connectivity index (χ0) is 20.4. The van der Waals surface area contributed by atoms with Crippen molar-refractivity contribution in [3.8, 4) is 0 Å². The smallest absolute Gasteiger partial charge is 0.222 e. The number of carbonyl (C=O) groups is 1. The first-order valence-electron chi connectivity index (χ1n) is 10.6. The standard InChI is InChI=1S/C24H31N3OS.2ClH/c1-17(2)24(28)25-16-18-8-9-23-20(14-18)21(27-12-10-26(3)11-13-27)15-19-6-4-5-7-22(19)29-23;;/h4-9,14,17,21H,10-13,15-16H2,1-3H3,(H,25,28);2*1H/t21-;;/m1../s1. The Morgan fingerprint density at radius 1 is 1.06 bits per heavy atom. The van der Waals surface area contributed by atoms with Crippen molar-refractivity contribution < 1.29 is 4.79 Å². The molecular weight excluding hydrogens is 449 g/mol. The lowest BCUT2D eigenvalue weighted by atomic mass is 9.95. The van der Waals surface area contributed by atoms with Crippen molar-refractivity contribution in [2.24, 2.45) is 5.92 Å². The molecule has 1 N–H and O–H groups in total. The molecule has 2 aliphatic heterocycles. The number of rotatable bonds is 4. The molecule has 0 aliphatic carbocycles. The minimum absolute atomic E-state index is 0. The average Bonchev–Trinajstić information content (AvgIpc) is 2.89. The number of piperazine rings is 1. The maximum atomic E-state index is 12.0. The van der Waals surface area contributed by atoms with Gasteiger partial charge in [-0.15, -0.1) is 24.8 Å². The molecule has 1 atom stereocenters. The molecule has 0 unspecified atom stereocenters. The summed E-state index contributed by atoms with van der Waals surface area (Å²) in [6, 6.07) is 16.0. The van der Waals surface area contributed by atoms with Gasteiger partial charge in [-0.2, -0.15) is 0 Å². The summed E-state index contributed by atoms with van der Waals surface area (Å²) in [6.07, 6.45) is 1.04. The zero-order valence-corrected chi connectivity index (χ0v) is 20.9. The highest BCUT2D eigenvalue weighted by Crippen LogP contribution is 2.43. The fraction of sp³-hybridized carbons (Fsp3) is 0.458. The Bertz CT molecular complexity index is 885. The van der Waals surface area contributed by atoms with Crippen LogP contribution in [0.1, 0.15) is 36.6 Å². The Hall–Kier alpha value is -1.24. The van der Waals surface area contributed by atoms with Gasteiger partial charge in [0.05, 0.1) is 0 Å². The summed E-state index contributed by atoms with van der Waals surface area (Å²) in [5, 5.41) is 3.07. The van der Waals surface area contributed by atoms with Crippen molar-refractivity contribution in [2.75, 3.05) is 33.2 Å². The molecule has 2 heterocycles. The summed E-state index contributed by atoms with van der Waals surface area (Å²) in [7, 11) is 2.21. The van der Waals surface area contributed by atoms with Crippen molar-refractivity contribution >= 4 is 42.5 Å². The molecule has 2 aromatic carbocycles. The number of carbonyl (C=O) groups excluding carboxylic acids is 1. The fourth-order valence-corrected chi connectivity index (χ4v) is 5.24. The van der Waals surface area contributed by atoms with Gasteiger partial charge in [-0.3, -0.25) is 9.69 Å². The van der Waals surface area contributed by atoms with Crippen LogP contribution in [0, 0.1) is 5.92 Å². The van der Waals surface area contributed by atoms with E-state index in [1.807, 2.05) is 25.6 Å². The van der Waals surface area contributed by atoms with Gasteiger partial charge in [-0.05, 0) is 42.3 Å². The second-order valence-electron chi connectivity index (χ2n) is 8.51. The van der Waals surface area contributed by atoms with Gasteiger partial charge in [0.25, 0.3) is 0 Å². The van der Waals surface area contributed by atoms with E-state index in [-0.39, 0.29) is 36.6 Å². The molecule has 170 valence electrons. The van der Waals surface area contributed by atoms with E-state index in [2.05, 4.69) is 64.6 Å². The normalized spacial score (nSPS) is 18.8. The highest BCUT2D eigenvalue weighted by atomic mass is 35.5. The summed E-state index contributed by atoms with van der Waals surface area (Å²) < 4.78 is 0. The van der Waals surface area contributed by atoms with Gasteiger partial charge in [0, 0.05) is 54.5 Å². The number of nitrogens with zero attached hydrogens (tertiary/aromatic N) is 2. The number of hydrogen-bond donors (Lipinski definition) is 1. The number of amides is 1. The molecule has 1 saturated heterocycles. The van der Waals surface area contributed by atoms with E-state index in [1.54, 1.807) is 0 Å². The fourth-order valence-electron chi connectivity index (χ4n) is 4.12. The third-order valence-electron chi connectivity index (χ3n) is 6.01. The van der Waals surface area contributed by atoms with E-state index in [4.69, 9.17) is 0 Å². The third kappa shape index (κ3) is 6.17. The molecule has 0 bridgehead atoms. The quantitative estimate of drug-likeness (QED) is 0.679. The van der Waals surface area contributed by atoms with Crippen molar-refractivity contribution in [3.05, 3.63) is 59.2 Å². The lowest BCUT2D eigenvalue weighted by Crippen LogP contribution is -2.46. The van der Waals surface area contributed by atoms with Gasteiger partial charge in [-0.25, -0.2) is 0 Å². The lowest BCUT2D eigenvalue weighted by Gasteiger charge is -2.38. The van der Waals surface area contributed by atoms with Crippen LogP contribution >= 0.6 is 36.6 Å². The number of halogens is 2. The molecule has 7 heteroatoms. The van der Waals surface area contributed by atoms with Gasteiger partial charge in [0.1, 0.15) is 0 Å². The van der Waals surface area contributed by atoms with E-state index >= 15 is 0 Å². The first-order chi connectivity index (χ1) is 14.0. The Morgan fingerprint density at radius 2 is 1.77 bits per heavy atom. The summed E-state index contributed by atoms with van der Waals surface area (Å²) in [5.74, 6) is 0.122. The van der Waals surface area contributed by atoms with Crippen LogP contribution in [-0.4, -0.2) is 48.9 Å². The van der Waals surface area contributed by atoms with Gasteiger partial charge >= 0.3 is 0 Å². The predicted octanol–water partition coefficient (Wildman–Crippen LogP) is 4.80. The molecule has 0 saturated carbocycles. The number of nitrogens with one attached hydrogen (secondary N) is 1. The van der Waals surface area contributed by atoms with Crippen molar-refractivity contribution in [2.45, 2.75) is 42.6 Å². The topological polar surface area (TPSA) is 35.6 Å². The third-order valence-corrected chi connectivity index (χ3v) is 7.22. The van der Waals surface area contributed by atoms with Crippen LogP contribution in [0.2, 0.25) is 0 Å². The molecule has 1 fully saturated rings. The summed E-state index contributed by atoms with van der Waals surface area (Å²) >= 11 is 1.89. The van der Waals surface area contributed by atoms with Crippen LogP contribution in [0.3, 0.4) is 0 Å². The molecule has 2 aromatic rings. The molecule has 4 rings (SSSR count). The minimum atomic E-state index is 0. The van der Waals surface area contributed by atoms with Gasteiger partial charge < -0.3 is 10.2 Å². The Labute approximate surface area is 203 Å². The first-order valence-corrected chi connectivity index (χ1v) is 11.4. The monoisotopic (exact) mass is 481 g/mol. The van der Waals surface area contributed by atoms with E-state index < -0.39 is 0 Å².